The van der Waals surface area contributed by atoms with Gasteiger partial charge in [0.2, 0.25) is 0 Å². The molecule has 0 unspecified atom stereocenters. The predicted octanol–water partition coefficient (Wildman–Crippen LogP) is 0.236. The summed E-state index contributed by atoms with van der Waals surface area (Å²) in [7, 11) is 0. The second-order valence-electron chi connectivity index (χ2n) is 5.01. The van der Waals surface area contributed by atoms with E-state index >= 15 is 0 Å². The molecule has 0 atom stereocenters. The lowest BCUT2D eigenvalue weighted by molar-refractivity contribution is -0.119. The first-order valence-corrected chi connectivity index (χ1v) is 5.74. The molecule has 0 saturated heterocycles. The van der Waals surface area contributed by atoms with Crippen LogP contribution >= 0.6 is 0 Å². The zero-order valence-corrected chi connectivity index (χ0v) is 10.6. The number of nitrogens with one attached hydrogen (secondary N) is 1. The van der Waals surface area contributed by atoms with Crippen molar-refractivity contribution in [1.82, 2.24) is 5.43 Å². The molecule has 0 bridgehead atoms. The Kier molecular flexibility index (Phi) is 3.04. The number of benzene rings is 1. The van der Waals surface area contributed by atoms with Crippen molar-refractivity contribution in [2.24, 2.45) is 5.84 Å². The molecule has 1 heterocycles. The molecule has 1 aromatic carbocycles. The third-order valence-electron chi connectivity index (χ3n) is 2.78. The molecule has 5 N–H and O–H groups in total. The second kappa shape index (κ2) is 4.38. The van der Waals surface area contributed by atoms with E-state index in [1.54, 1.807) is 12.1 Å². The Morgan fingerprint density at radius 2 is 2.28 bits per heavy atom. The van der Waals surface area contributed by atoms with Crippen LogP contribution in [0.15, 0.2) is 18.2 Å². The summed E-state index contributed by atoms with van der Waals surface area (Å²) in [6.07, 6.45) is 0. The second-order valence-corrected chi connectivity index (χ2v) is 5.01. The molecule has 0 aliphatic carbocycles. The Morgan fingerprint density at radius 3 is 2.94 bits per heavy atom. The van der Waals surface area contributed by atoms with Gasteiger partial charge in [0, 0.05) is 5.69 Å². The van der Waals surface area contributed by atoms with Crippen LogP contribution in [0.4, 0.5) is 11.4 Å². The number of anilines is 2. The highest BCUT2D eigenvalue weighted by Gasteiger charge is 2.32. The molecular formula is C12H18N4O2. The van der Waals surface area contributed by atoms with Crippen molar-refractivity contribution in [1.29, 1.82) is 0 Å². The van der Waals surface area contributed by atoms with E-state index in [1.165, 1.54) is 0 Å². The number of hydrazine groups is 1. The molecule has 0 aromatic heterocycles. The quantitative estimate of drug-likeness (QED) is 0.302. The number of fused-ring (bicyclic) bond motifs is 1. The molecule has 0 spiro atoms. The molecule has 6 nitrogen and oxygen atoms in total. The first-order valence-electron chi connectivity index (χ1n) is 5.74. The van der Waals surface area contributed by atoms with Crippen molar-refractivity contribution in [3.63, 3.8) is 0 Å². The fourth-order valence-electron chi connectivity index (χ4n) is 2.10. The summed E-state index contributed by atoms with van der Waals surface area (Å²) in [6, 6.07) is 5.40. The number of ether oxygens (including phenoxy) is 1. The Hall–Kier alpha value is -1.95. The standard InChI is InChI=1S/C12H18N4O2/c1-12(2)7-16(6-11(17)15-14)9-5-8(13)3-4-10(9)18-12/h3-5H,6-7,13-14H2,1-2H3,(H,15,17). The predicted molar refractivity (Wildman–Crippen MR) is 70.1 cm³/mol. The smallest absolute Gasteiger partial charge is 0.253 e. The number of hydrogen-bond donors (Lipinski definition) is 3. The number of hydrogen-bond acceptors (Lipinski definition) is 5. The van der Waals surface area contributed by atoms with Crippen molar-refractivity contribution in [2.45, 2.75) is 19.4 Å². The van der Waals surface area contributed by atoms with E-state index in [4.69, 9.17) is 16.3 Å². The number of carbonyl (C=O) groups excluding carboxylic acids is 1. The van der Waals surface area contributed by atoms with Gasteiger partial charge < -0.3 is 15.4 Å². The van der Waals surface area contributed by atoms with Gasteiger partial charge in [0.25, 0.3) is 5.91 Å². The van der Waals surface area contributed by atoms with Crippen LogP contribution < -0.4 is 26.6 Å². The average Bonchev–Trinajstić information content (AvgIpc) is 2.29. The molecular weight excluding hydrogens is 232 g/mol. The monoisotopic (exact) mass is 250 g/mol. The van der Waals surface area contributed by atoms with Crippen LogP contribution in [-0.2, 0) is 4.79 Å². The molecule has 2 rings (SSSR count). The number of nitrogens with two attached hydrogens (primary N) is 2. The van der Waals surface area contributed by atoms with E-state index in [2.05, 4.69) is 5.43 Å². The zero-order chi connectivity index (χ0) is 13.3. The van der Waals surface area contributed by atoms with Crippen LogP contribution in [0.2, 0.25) is 0 Å². The van der Waals surface area contributed by atoms with Crippen LogP contribution in [0.5, 0.6) is 5.75 Å². The van der Waals surface area contributed by atoms with Gasteiger partial charge in [-0.1, -0.05) is 0 Å². The number of amides is 1. The minimum Gasteiger partial charge on any atom is -0.484 e. The van der Waals surface area contributed by atoms with Crippen molar-refractivity contribution in [3.05, 3.63) is 18.2 Å². The van der Waals surface area contributed by atoms with Gasteiger partial charge in [-0.3, -0.25) is 10.2 Å². The summed E-state index contributed by atoms with van der Waals surface area (Å²) < 4.78 is 5.86. The summed E-state index contributed by atoms with van der Waals surface area (Å²) in [5.74, 6) is 5.60. The number of nitrogens with zero attached hydrogens (tertiary/aromatic N) is 1. The van der Waals surface area contributed by atoms with Gasteiger partial charge in [0.15, 0.2) is 0 Å². The first-order chi connectivity index (χ1) is 8.41. The van der Waals surface area contributed by atoms with E-state index in [-0.39, 0.29) is 18.1 Å². The summed E-state index contributed by atoms with van der Waals surface area (Å²) in [6.45, 7) is 4.72. The van der Waals surface area contributed by atoms with Gasteiger partial charge in [-0.25, -0.2) is 5.84 Å². The lowest BCUT2D eigenvalue weighted by atomic mass is 10.0. The number of carbonyl (C=O) groups is 1. The molecule has 1 aromatic rings. The molecule has 0 saturated carbocycles. The minimum absolute atomic E-state index is 0.180. The minimum atomic E-state index is -0.363. The molecule has 18 heavy (non-hydrogen) atoms. The maximum atomic E-state index is 11.4. The van der Waals surface area contributed by atoms with Crippen LogP contribution in [-0.4, -0.2) is 24.6 Å². The number of rotatable bonds is 2. The van der Waals surface area contributed by atoms with Crippen LogP contribution in [0.1, 0.15) is 13.8 Å². The van der Waals surface area contributed by atoms with E-state index in [0.717, 1.165) is 11.4 Å². The maximum absolute atomic E-state index is 11.4. The van der Waals surface area contributed by atoms with Gasteiger partial charge in [0.1, 0.15) is 11.4 Å². The molecule has 0 fully saturated rings. The summed E-state index contributed by atoms with van der Waals surface area (Å²) in [5, 5.41) is 0. The van der Waals surface area contributed by atoms with Crippen LogP contribution in [0.3, 0.4) is 0 Å². The molecule has 1 aliphatic rings. The highest BCUT2D eigenvalue weighted by atomic mass is 16.5. The normalized spacial score (nSPS) is 16.7. The topological polar surface area (TPSA) is 93.6 Å². The Labute approximate surface area is 106 Å². The van der Waals surface area contributed by atoms with Gasteiger partial charge in [0.05, 0.1) is 18.8 Å². The average molecular weight is 250 g/mol. The largest absolute Gasteiger partial charge is 0.484 e. The van der Waals surface area contributed by atoms with E-state index in [0.29, 0.717) is 12.2 Å². The van der Waals surface area contributed by atoms with E-state index < -0.39 is 0 Å². The van der Waals surface area contributed by atoms with Crippen molar-refractivity contribution in [3.8, 4) is 5.75 Å². The van der Waals surface area contributed by atoms with E-state index in [1.807, 2.05) is 24.8 Å². The fraction of sp³-hybridized carbons (Fsp3) is 0.417. The van der Waals surface area contributed by atoms with Crippen LogP contribution in [0.25, 0.3) is 0 Å². The SMILES string of the molecule is CC1(C)CN(CC(=O)NN)c2cc(N)ccc2O1. The zero-order valence-electron chi connectivity index (χ0n) is 10.6. The molecule has 1 aliphatic heterocycles. The lowest BCUT2D eigenvalue weighted by Crippen LogP contribution is -2.50. The van der Waals surface area contributed by atoms with Gasteiger partial charge in [-0.2, -0.15) is 0 Å². The summed E-state index contributed by atoms with van der Waals surface area (Å²) >= 11 is 0. The third kappa shape index (κ3) is 2.48. The molecule has 0 radical (unpaired) electrons. The maximum Gasteiger partial charge on any atom is 0.253 e. The fourth-order valence-corrected chi connectivity index (χ4v) is 2.10. The first kappa shape index (κ1) is 12.5. The molecule has 6 heteroatoms. The third-order valence-corrected chi connectivity index (χ3v) is 2.78. The molecule has 1 amide bonds. The Morgan fingerprint density at radius 1 is 1.56 bits per heavy atom. The van der Waals surface area contributed by atoms with E-state index in [9.17, 15) is 4.79 Å². The Bertz CT molecular complexity index is 473. The van der Waals surface area contributed by atoms with Gasteiger partial charge >= 0.3 is 0 Å². The summed E-state index contributed by atoms with van der Waals surface area (Å²) in [5.41, 5.74) is 8.99. The number of nitrogen functional groups attached to an aromatic ring is 1. The molecule has 98 valence electrons. The van der Waals surface area contributed by atoms with Gasteiger partial charge in [-0.05, 0) is 32.0 Å². The highest BCUT2D eigenvalue weighted by molar-refractivity contribution is 5.82. The highest BCUT2D eigenvalue weighted by Crippen LogP contribution is 2.37. The lowest BCUT2D eigenvalue weighted by Gasteiger charge is -2.40. The van der Waals surface area contributed by atoms with Crippen molar-refractivity contribution >= 4 is 17.3 Å². The van der Waals surface area contributed by atoms with Crippen molar-refractivity contribution in [2.75, 3.05) is 23.7 Å². The van der Waals surface area contributed by atoms with Crippen LogP contribution in [0, 0.1) is 0 Å². The van der Waals surface area contributed by atoms with Crippen molar-refractivity contribution < 1.29 is 9.53 Å². The Balaban J connectivity index is 2.35. The summed E-state index contributed by atoms with van der Waals surface area (Å²) in [4.78, 5) is 13.4. The van der Waals surface area contributed by atoms with Gasteiger partial charge in [-0.15, -0.1) is 0 Å².